The molecule has 0 aliphatic heterocycles. The van der Waals surface area contributed by atoms with Gasteiger partial charge in [0.1, 0.15) is 11.3 Å². The third-order valence-corrected chi connectivity index (χ3v) is 3.57. The Bertz CT molecular complexity index is 1020. The van der Waals surface area contributed by atoms with Crippen molar-refractivity contribution in [2.24, 2.45) is 0 Å². The number of carbonyl (C=O) groups is 2. The van der Waals surface area contributed by atoms with Gasteiger partial charge >= 0.3 is 5.97 Å². The zero-order valence-electron chi connectivity index (χ0n) is 13.0. The number of imidazole rings is 1. The summed E-state index contributed by atoms with van der Waals surface area (Å²) in [6.45, 7) is 1.61. The Labute approximate surface area is 140 Å². The molecular weight excluding hydrogens is 328 g/mol. The van der Waals surface area contributed by atoms with Gasteiger partial charge in [0.15, 0.2) is 0 Å². The second kappa shape index (κ2) is 6.04. The second-order valence-corrected chi connectivity index (χ2v) is 5.26. The number of aromatic nitrogens is 2. The van der Waals surface area contributed by atoms with Crippen LogP contribution in [0.15, 0.2) is 42.6 Å². The van der Waals surface area contributed by atoms with Gasteiger partial charge < -0.3 is 10.4 Å². The van der Waals surface area contributed by atoms with Crippen LogP contribution in [0.4, 0.5) is 11.4 Å². The third-order valence-electron chi connectivity index (χ3n) is 3.57. The van der Waals surface area contributed by atoms with E-state index in [1.807, 2.05) is 0 Å². The van der Waals surface area contributed by atoms with Gasteiger partial charge in [-0.15, -0.1) is 0 Å². The van der Waals surface area contributed by atoms with E-state index in [0.29, 0.717) is 17.0 Å². The normalized spacial score (nSPS) is 10.6. The molecule has 2 heterocycles. The highest BCUT2D eigenvalue weighted by Crippen LogP contribution is 2.19. The zero-order chi connectivity index (χ0) is 18.1. The monoisotopic (exact) mass is 340 g/mol. The number of nitro groups is 1. The van der Waals surface area contributed by atoms with Gasteiger partial charge in [0, 0.05) is 11.8 Å². The molecule has 2 aromatic heterocycles. The van der Waals surface area contributed by atoms with E-state index in [9.17, 15) is 19.7 Å². The van der Waals surface area contributed by atoms with Crippen LogP contribution in [0.25, 0.3) is 5.65 Å². The number of benzene rings is 1. The highest BCUT2D eigenvalue weighted by molar-refractivity contribution is 6.05. The summed E-state index contributed by atoms with van der Waals surface area (Å²) in [6, 6.07) is 8.53. The summed E-state index contributed by atoms with van der Waals surface area (Å²) in [7, 11) is 0. The maximum atomic E-state index is 12.6. The van der Waals surface area contributed by atoms with Gasteiger partial charge in [-0.3, -0.25) is 19.3 Å². The lowest BCUT2D eigenvalue weighted by Gasteiger charge is -2.07. The van der Waals surface area contributed by atoms with E-state index >= 15 is 0 Å². The number of carboxylic acid groups (broad SMARTS) is 1. The van der Waals surface area contributed by atoms with Gasteiger partial charge in [0.2, 0.25) is 0 Å². The number of aromatic carboxylic acids is 1. The maximum Gasteiger partial charge on any atom is 0.335 e. The molecule has 1 amide bonds. The van der Waals surface area contributed by atoms with Crippen LogP contribution in [-0.2, 0) is 0 Å². The molecule has 1 aromatic carbocycles. The second-order valence-electron chi connectivity index (χ2n) is 5.26. The molecule has 25 heavy (non-hydrogen) atoms. The maximum absolute atomic E-state index is 12.6. The van der Waals surface area contributed by atoms with Gasteiger partial charge in [0.25, 0.3) is 11.6 Å². The van der Waals surface area contributed by atoms with E-state index < -0.39 is 16.8 Å². The first-order chi connectivity index (χ1) is 11.9. The summed E-state index contributed by atoms with van der Waals surface area (Å²) in [6.07, 6.45) is 1.22. The van der Waals surface area contributed by atoms with Gasteiger partial charge in [-0.05, 0) is 31.2 Å². The number of pyridine rings is 1. The number of hydrogen-bond donors (Lipinski definition) is 2. The molecule has 0 spiro atoms. The van der Waals surface area contributed by atoms with Crippen molar-refractivity contribution in [3.05, 3.63) is 69.7 Å². The molecule has 0 fully saturated rings. The van der Waals surface area contributed by atoms with Crippen molar-refractivity contribution in [3.63, 3.8) is 0 Å². The van der Waals surface area contributed by atoms with E-state index in [1.54, 1.807) is 13.0 Å². The topological polar surface area (TPSA) is 127 Å². The predicted octanol–water partition coefficient (Wildman–Crippen LogP) is 2.50. The van der Waals surface area contributed by atoms with Crippen LogP contribution in [0.2, 0.25) is 0 Å². The highest BCUT2D eigenvalue weighted by atomic mass is 16.6. The van der Waals surface area contributed by atoms with Crippen LogP contribution in [0.3, 0.4) is 0 Å². The van der Waals surface area contributed by atoms with Crippen molar-refractivity contribution in [3.8, 4) is 0 Å². The Hall–Kier alpha value is -3.75. The quantitative estimate of drug-likeness (QED) is 0.555. The van der Waals surface area contributed by atoms with Gasteiger partial charge in [-0.1, -0.05) is 6.07 Å². The standard InChI is InChI=1S/C16H12N4O5/c1-9-14(19-8-12(20(24)25)5-6-13(19)17-9)15(21)18-11-4-2-3-10(7-11)16(22)23/h2-8H,1H3,(H,18,21)(H,22,23). The molecule has 0 unspecified atom stereocenters. The minimum atomic E-state index is -1.11. The summed E-state index contributed by atoms with van der Waals surface area (Å²) in [5, 5.41) is 22.5. The van der Waals surface area contributed by atoms with Crippen molar-refractivity contribution in [1.29, 1.82) is 0 Å². The Balaban J connectivity index is 2.00. The number of anilines is 1. The zero-order valence-corrected chi connectivity index (χ0v) is 13.0. The molecule has 0 aliphatic rings. The van der Waals surface area contributed by atoms with Crippen LogP contribution in [0.5, 0.6) is 0 Å². The smallest absolute Gasteiger partial charge is 0.335 e. The SMILES string of the molecule is Cc1nc2ccc([N+](=O)[O-])cn2c1C(=O)Nc1cccc(C(=O)O)c1. The molecule has 0 bridgehead atoms. The van der Waals surface area contributed by atoms with E-state index in [2.05, 4.69) is 10.3 Å². The number of amides is 1. The first kappa shape index (κ1) is 16.1. The van der Waals surface area contributed by atoms with Crippen molar-refractivity contribution in [2.45, 2.75) is 6.92 Å². The molecule has 0 aliphatic carbocycles. The lowest BCUT2D eigenvalue weighted by Crippen LogP contribution is -2.16. The van der Waals surface area contributed by atoms with Crippen molar-refractivity contribution >= 4 is 28.9 Å². The first-order valence-electron chi connectivity index (χ1n) is 7.14. The summed E-state index contributed by atoms with van der Waals surface area (Å²) < 4.78 is 1.34. The molecule has 9 nitrogen and oxygen atoms in total. The molecule has 126 valence electrons. The fraction of sp³-hybridized carbons (Fsp3) is 0.0625. The molecule has 0 radical (unpaired) electrons. The first-order valence-corrected chi connectivity index (χ1v) is 7.14. The number of carbonyl (C=O) groups excluding carboxylic acids is 1. The van der Waals surface area contributed by atoms with Crippen molar-refractivity contribution in [1.82, 2.24) is 9.38 Å². The molecule has 3 rings (SSSR count). The Kier molecular flexibility index (Phi) is 3.89. The summed E-state index contributed by atoms with van der Waals surface area (Å²) in [5.41, 5.74) is 1.08. The molecule has 0 saturated heterocycles. The summed E-state index contributed by atoms with van der Waals surface area (Å²) in [5.74, 6) is -1.66. The molecular formula is C16H12N4O5. The Morgan fingerprint density at radius 2 is 2.04 bits per heavy atom. The number of rotatable bonds is 4. The van der Waals surface area contributed by atoms with Gasteiger partial charge in [0.05, 0.1) is 22.4 Å². The minimum absolute atomic E-state index is 0.0308. The van der Waals surface area contributed by atoms with Crippen LogP contribution in [0.1, 0.15) is 26.5 Å². The molecule has 0 atom stereocenters. The molecule has 0 saturated carbocycles. The Morgan fingerprint density at radius 1 is 1.28 bits per heavy atom. The number of nitrogens with zero attached hydrogens (tertiary/aromatic N) is 3. The lowest BCUT2D eigenvalue weighted by atomic mass is 10.2. The number of nitrogens with one attached hydrogen (secondary N) is 1. The lowest BCUT2D eigenvalue weighted by molar-refractivity contribution is -0.385. The van der Waals surface area contributed by atoms with E-state index in [0.717, 1.165) is 0 Å². The number of hydrogen-bond acceptors (Lipinski definition) is 5. The number of carboxylic acids is 1. The van der Waals surface area contributed by atoms with Gasteiger partial charge in [-0.2, -0.15) is 0 Å². The molecule has 9 heteroatoms. The fourth-order valence-electron chi connectivity index (χ4n) is 2.45. The van der Waals surface area contributed by atoms with Crippen LogP contribution >= 0.6 is 0 Å². The minimum Gasteiger partial charge on any atom is -0.478 e. The fourth-order valence-corrected chi connectivity index (χ4v) is 2.45. The van der Waals surface area contributed by atoms with E-state index in [-0.39, 0.29) is 16.9 Å². The highest BCUT2D eigenvalue weighted by Gasteiger charge is 2.19. The largest absolute Gasteiger partial charge is 0.478 e. The van der Waals surface area contributed by atoms with Crippen LogP contribution in [-0.4, -0.2) is 31.3 Å². The van der Waals surface area contributed by atoms with Crippen molar-refractivity contribution in [2.75, 3.05) is 5.32 Å². The van der Waals surface area contributed by atoms with Crippen molar-refractivity contribution < 1.29 is 19.6 Å². The average Bonchev–Trinajstić information content (AvgIpc) is 2.89. The summed E-state index contributed by atoms with van der Waals surface area (Å²) in [4.78, 5) is 38.2. The summed E-state index contributed by atoms with van der Waals surface area (Å²) >= 11 is 0. The average molecular weight is 340 g/mol. The van der Waals surface area contributed by atoms with Gasteiger partial charge in [-0.25, -0.2) is 9.78 Å². The van der Waals surface area contributed by atoms with Crippen LogP contribution < -0.4 is 5.32 Å². The number of fused-ring (bicyclic) bond motifs is 1. The van der Waals surface area contributed by atoms with E-state index in [4.69, 9.17) is 5.11 Å². The number of aryl methyl sites for hydroxylation is 1. The van der Waals surface area contributed by atoms with Crippen LogP contribution in [0, 0.1) is 17.0 Å². The predicted molar refractivity (Wildman–Crippen MR) is 87.9 cm³/mol. The molecule has 2 N–H and O–H groups in total. The third kappa shape index (κ3) is 3.02. The molecule has 3 aromatic rings. The Morgan fingerprint density at radius 3 is 2.72 bits per heavy atom. The van der Waals surface area contributed by atoms with E-state index in [1.165, 1.54) is 40.9 Å².